The fourth-order valence-electron chi connectivity index (χ4n) is 10.4. The van der Waals surface area contributed by atoms with Crippen LogP contribution in [0.3, 0.4) is 0 Å². The summed E-state index contributed by atoms with van der Waals surface area (Å²) in [5, 5.41) is 28.4. The molecule has 2 fully saturated rings. The first kappa shape index (κ1) is 49.9. The van der Waals surface area contributed by atoms with Gasteiger partial charge in [0.15, 0.2) is 5.60 Å². The number of methoxy groups -OCH3 is 1. The number of β-amino-alcohol motifs (C(OH)–C–C–N with tert-alkyl or cyclic N) is 1. The van der Waals surface area contributed by atoms with Crippen LogP contribution < -0.4 is 10.7 Å². The van der Waals surface area contributed by atoms with E-state index >= 15 is 0 Å². The number of likely N-dealkylation sites (N-methyl/N-ethyl adjacent to an activating group) is 1. The van der Waals surface area contributed by atoms with E-state index in [0.29, 0.717) is 43.5 Å². The molecule has 0 saturated carbocycles. The van der Waals surface area contributed by atoms with Crippen LogP contribution in [-0.2, 0) is 59.3 Å². The Labute approximate surface area is 399 Å². The number of ether oxygens (including phenoxy) is 2. The summed E-state index contributed by atoms with van der Waals surface area (Å²) in [6, 6.07) is 16.6. The predicted octanol–water partition coefficient (Wildman–Crippen LogP) is 5.42. The number of phenolic OH excluding ortho intramolecular Hbond substituents is 1. The third-order valence-corrected chi connectivity index (χ3v) is 13.9. The topological polar surface area (TPSA) is 183 Å². The predicted molar refractivity (Wildman–Crippen MR) is 260 cm³/mol. The number of aromatic hydroxyl groups is 1. The van der Waals surface area contributed by atoms with E-state index in [1.807, 2.05) is 18.2 Å². The molecule has 15 heteroatoms. The summed E-state index contributed by atoms with van der Waals surface area (Å²) in [5.74, 6) is -3.95. The second kappa shape index (κ2) is 20.3. The SMILES string of the molecule is C=CC(=O)N1C[C@H](C)[C@](O)(C(=O)N(C)[C@H](C(=O)N[C@H]2Cc3cc(O)cc(c3)-c3ccc4c(c3)c(c(-c3ccccc3CCOC)n4CC)CC(C)(C)COC(=O)[C@@H]3CCCN(N3)C2=O)C(C)C)C1. The van der Waals surface area contributed by atoms with E-state index in [1.54, 1.807) is 40.0 Å². The van der Waals surface area contributed by atoms with Gasteiger partial charge in [-0.2, -0.15) is 0 Å². The minimum absolute atomic E-state index is 0.0306. The highest BCUT2D eigenvalue weighted by atomic mass is 16.5. The van der Waals surface area contributed by atoms with Crippen molar-refractivity contribution in [2.24, 2.45) is 17.3 Å². The van der Waals surface area contributed by atoms with Crippen molar-refractivity contribution in [3.8, 4) is 28.1 Å². The Morgan fingerprint density at radius 3 is 2.54 bits per heavy atom. The number of benzene rings is 3. The van der Waals surface area contributed by atoms with Crippen molar-refractivity contribution < 1.29 is 43.7 Å². The fraction of sp³-hybridized carbons (Fsp3) is 0.491. The van der Waals surface area contributed by atoms with Crippen molar-refractivity contribution in [1.29, 1.82) is 0 Å². The summed E-state index contributed by atoms with van der Waals surface area (Å²) < 4.78 is 14.0. The molecule has 364 valence electrons. The van der Waals surface area contributed by atoms with Gasteiger partial charge in [0, 0.05) is 68.0 Å². The van der Waals surface area contributed by atoms with Gasteiger partial charge in [0.1, 0.15) is 23.9 Å². The van der Waals surface area contributed by atoms with Crippen LogP contribution in [0.2, 0.25) is 0 Å². The van der Waals surface area contributed by atoms with Gasteiger partial charge < -0.3 is 39.4 Å². The molecule has 0 spiro atoms. The number of cyclic esters (lactones) is 1. The van der Waals surface area contributed by atoms with Crippen LogP contribution in [0, 0.1) is 17.3 Å². The molecule has 4 heterocycles. The zero-order valence-corrected chi connectivity index (χ0v) is 40.8. The number of esters is 1. The molecule has 5 atom stereocenters. The van der Waals surface area contributed by atoms with E-state index in [2.05, 4.69) is 73.0 Å². The van der Waals surface area contributed by atoms with E-state index in [0.717, 1.165) is 51.3 Å². The average molecular weight is 933 g/mol. The molecular formula is C53H68N6O9. The highest BCUT2D eigenvalue weighted by molar-refractivity contribution is 5.97. The highest BCUT2D eigenvalue weighted by Crippen LogP contribution is 2.42. The molecule has 3 aliphatic heterocycles. The van der Waals surface area contributed by atoms with Gasteiger partial charge >= 0.3 is 5.97 Å². The molecule has 68 heavy (non-hydrogen) atoms. The summed E-state index contributed by atoms with van der Waals surface area (Å²) in [5.41, 5.74) is 8.17. The molecule has 3 aromatic carbocycles. The summed E-state index contributed by atoms with van der Waals surface area (Å²) >= 11 is 0. The van der Waals surface area contributed by atoms with Gasteiger partial charge in [-0.05, 0) is 96.7 Å². The molecule has 7 rings (SSSR count). The second-order valence-corrected chi connectivity index (χ2v) is 20.0. The number of nitrogens with one attached hydrogen (secondary N) is 2. The number of fused-ring (bicyclic) bond motifs is 6. The summed E-state index contributed by atoms with van der Waals surface area (Å²) in [7, 11) is 3.14. The van der Waals surface area contributed by atoms with Crippen LogP contribution in [0.15, 0.2) is 73.3 Å². The van der Waals surface area contributed by atoms with Gasteiger partial charge in [0.25, 0.3) is 11.8 Å². The number of amides is 4. The van der Waals surface area contributed by atoms with Crippen LogP contribution in [0.1, 0.15) is 71.1 Å². The quantitative estimate of drug-likeness (QED) is 0.112. The lowest BCUT2D eigenvalue weighted by molar-refractivity contribution is -0.158. The summed E-state index contributed by atoms with van der Waals surface area (Å²) in [4.78, 5) is 72.6. The lowest BCUT2D eigenvalue weighted by Crippen LogP contribution is -2.63. The molecule has 2 saturated heterocycles. The molecular weight excluding hydrogens is 865 g/mol. The normalized spacial score (nSPS) is 22.4. The molecule has 6 bridgehead atoms. The van der Waals surface area contributed by atoms with Gasteiger partial charge in [-0.15, -0.1) is 0 Å². The number of hydrazine groups is 1. The molecule has 4 aromatic rings. The second-order valence-electron chi connectivity index (χ2n) is 20.0. The molecule has 3 aliphatic rings. The van der Waals surface area contributed by atoms with Gasteiger partial charge in [0.05, 0.1) is 25.5 Å². The van der Waals surface area contributed by atoms with Gasteiger partial charge in [-0.1, -0.05) is 77.6 Å². The molecule has 0 radical (unpaired) electrons. The van der Waals surface area contributed by atoms with Crippen LogP contribution in [0.5, 0.6) is 5.75 Å². The molecule has 4 N–H and O–H groups in total. The zero-order chi connectivity index (χ0) is 49.2. The molecule has 0 unspecified atom stereocenters. The highest BCUT2D eigenvalue weighted by Gasteiger charge is 2.52. The maximum Gasteiger partial charge on any atom is 0.324 e. The van der Waals surface area contributed by atoms with Crippen LogP contribution >= 0.6 is 0 Å². The Morgan fingerprint density at radius 1 is 1.09 bits per heavy atom. The Bertz CT molecular complexity index is 2590. The number of nitrogens with zero attached hydrogens (tertiary/aromatic N) is 4. The third kappa shape index (κ3) is 10.1. The number of aliphatic hydroxyl groups is 1. The maximum absolute atomic E-state index is 14.8. The summed E-state index contributed by atoms with van der Waals surface area (Å²) in [6.07, 6.45) is 3.27. The first-order valence-electron chi connectivity index (χ1n) is 23.8. The lowest BCUT2D eigenvalue weighted by Gasteiger charge is -2.38. The summed E-state index contributed by atoms with van der Waals surface area (Å²) in [6.45, 7) is 16.5. The van der Waals surface area contributed by atoms with Crippen molar-refractivity contribution in [1.82, 2.24) is 30.1 Å². The Morgan fingerprint density at radius 2 is 1.84 bits per heavy atom. The van der Waals surface area contributed by atoms with Gasteiger partial charge in [-0.25, -0.2) is 5.43 Å². The van der Waals surface area contributed by atoms with E-state index in [9.17, 15) is 34.2 Å². The monoisotopic (exact) mass is 933 g/mol. The van der Waals surface area contributed by atoms with Gasteiger partial charge in [0.2, 0.25) is 11.8 Å². The van der Waals surface area contributed by atoms with E-state index in [4.69, 9.17) is 9.47 Å². The van der Waals surface area contributed by atoms with Gasteiger partial charge in [-0.3, -0.25) is 29.0 Å². The number of hydrogen-bond acceptors (Lipinski definition) is 10. The maximum atomic E-state index is 14.8. The van der Waals surface area contributed by atoms with E-state index in [-0.39, 0.29) is 38.4 Å². The van der Waals surface area contributed by atoms with Crippen molar-refractivity contribution in [3.05, 3.63) is 90.0 Å². The number of carbonyl (C=O) groups excluding carboxylic acids is 5. The molecule has 15 nitrogen and oxygen atoms in total. The minimum Gasteiger partial charge on any atom is -0.508 e. The molecule has 1 aromatic heterocycles. The van der Waals surface area contributed by atoms with Crippen molar-refractivity contribution >= 4 is 40.5 Å². The van der Waals surface area contributed by atoms with Crippen molar-refractivity contribution in [2.75, 3.05) is 47.0 Å². The minimum atomic E-state index is -1.97. The molecule has 0 aliphatic carbocycles. The average Bonchev–Trinajstić information content (AvgIpc) is 3.80. The van der Waals surface area contributed by atoms with Crippen LogP contribution in [-0.4, -0.2) is 130 Å². The standard InChI is InChI=1S/C53H68N6O9/c1-10-45(61)57-29-33(5)53(66,30-57)51(65)56(8)46(32(3)4)48(62)54-43-25-34-23-37(26-38(60)24-34)36-18-19-44-40(27-36)41(47(58(44)11-2)39-16-13-12-15-35(39)20-22-67-9)28-52(6,7)31-68-50(64)42-17-14-21-59(55-42)49(43)63/h10,12-13,15-16,18-19,23-24,26-27,32-33,42-43,46,55,60,66H,1,11,14,17,20-22,25,28-31H2,2-9H3,(H,54,62)/t33-,42-,43-,46-,53-/m0/s1. The largest absolute Gasteiger partial charge is 0.508 e. The first-order chi connectivity index (χ1) is 32.3. The smallest absolute Gasteiger partial charge is 0.324 e. The van der Waals surface area contributed by atoms with Crippen LogP contribution in [0.25, 0.3) is 33.3 Å². The third-order valence-electron chi connectivity index (χ3n) is 13.9. The number of rotatable bonds is 11. The Balaban J connectivity index is 1.31. The number of likely N-dealkylation sites (tertiary alicyclic amines) is 1. The molecule has 4 amide bonds. The fourth-order valence-corrected chi connectivity index (χ4v) is 10.4. The van der Waals surface area contributed by atoms with Crippen molar-refractivity contribution in [2.45, 2.75) is 104 Å². The van der Waals surface area contributed by atoms with E-state index < -0.39 is 70.6 Å². The lowest BCUT2D eigenvalue weighted by atomic mass is 9.83. The first-order valence-corrected chi connectivity index (χ1v) is 23.8. The Hall–Kier alpha value is -6.03. The number of phenols is 1. The van der Waals surface area contributed by atoms with Crippen LogP contribution in [0.4, 0.5) is 0 Å². The Kier molecular flexibility index (Phi) is 14.9. The number of hydrogen-bond donors (Lipinski definition) is 4. The number of carbonyl (C=O) groups is 5. The number of aryl methyl sites for hydroxylation is 1. The zero-order valence-electron chi connectivity index (χ0n) is 40.8. The number of aromatic nitrogens is 1. The van der Waals surface area contributed by atoms with E-state index in [1.165, 1.54) is 21.9 Å². The van der Waals surface area contributed by atoms with Crippen molar-refractivity contribution in [3.63, 3.8) is 0 Å².